The van der Waals surface area contributed by atoms with Gasteiger partial charge in [0.15, 0.2) is 0 Å². The second-order valence-corrected chi connectivity index (χ2v) is 4.38. The van der Waals surface area contributed by atoms with E-state index in [0.717, 1.165) is 18.8 Å². The highest BCUT2D eigenvalue weighted by Gasteiger charge is 2.12. The molecule has 0 spiro atoms. The van der Waals surface area contributed by atoms with Gasteiger partial charge in [-0.2, -0.15) is 0 Å². The van der Waals surface area contributed by atoms with Crippen molar-refractivity contribution in [1.82, 2.24) is 0 Å². The molecule has 2 nitrogen and oxygen atoms in total. The van der Waals surface area contributed by atoms with E-state index in [0.29, 0.717) is 12.3 Å². The summed E-state index contributed by atoms with van der Waals surface area (Å²) in [6.45, 7) is 6.62. The van der Waals surface area contributed by atoms with Crippen molar-refractivity contribution in [3.8, 4) is 0 Å². The van der Waals surface area contributed by atoms with Gasteiger partial charge in [0.2, 0.25) is 0 Å². The topological polar surface area (TPSA) is 26.3 Å². The van der Waals surface area contributed by atoms with Crippen LogP contribution < -0.4 is 0 Å². The van der Waals surface area contributed by atoms with E-state index in [1.807, 2.05) is 0 Å². The Morgan fingerprint density at radius 3 is 2.36 bits per heavy atom. The van der Waals surface area contributed by atoms with Crippen LogP contribution in [0.3, 0.4) is 0 Å². The van der Waals surface area contributed by atoms with Gasteiger partial charge in [-0.05, 0) is 18.3 Å². The second kappa shape index (κ2) is 7.84. The third-order valence-corrected chi connectivity index (χ3v) is 2.65. The zero-order valence-corrected chi connectivity index (χ0v) is 10.0. The minimum atomic E-state index is -0.0682. The molecule has 0 amide bonds. The lowest BCUT2D eigenvalue weighted by atomic mass is 9.94. The highest BCUT2D eigenvalue weighted by atomic mass is 16.5. The number of ether oxygens (including phenoxy) is 1. The monoisotopic (exact) mass is 200 g/mol. The second-order valence-electron chi connectivity index (χ2n) is 4.38. The third-order valence-electron chi connectivity index (χ3n) is 2.65. The Kier molecular flexibility index (Phi) is 7.54. The van der Waals surface area contributed by atoms with Gasteiger partial charge in [0.25, 0.3) is 0 Å². The summed E-state index contributed by atoms with van der Waals surface area (Å²) < 4.78 is 4.67. The summed E-state index contributed by atoms with van der Waals surface area (Å²) >= 11 is 0. The van der Waals surface area contributed by atoms with Crippen molar-refractivity contribution < 1.29 is 9.53 Å². The van der Waals surface area contributed by atoms with Crippen LogP contribution in [0.1, 0.15) is 52.9 Å². The third kappa shape index (κ3) is 6.93. The standard InChI is InChI=1S/C12H24O2/c1-5-11(9-12(13)14-4)8-6-7-10(2)3/h10-11H,5-9H2,1-4H3. The Labute approximate surface area is 88.0 Å². The molecular weight excluding hydrogens is 176 g/mol. The van der Waals surface area contributed by atoms with Crippen molar-refractivity contribution in [3.63, 3.8) is 0 Å². The van der Waals surface area contributed by atoms with Gasteiger partial charge in [-0.25, -0.2) is 0 Å². The van der Waals surface area contributed by atoms with E-state index in [1.165, 1.54) is 20.0 Å². The predicted octanol–water partition coefficient (Wildman–Crippen LogP) is 3.40. The molecule has 0 aromatic heterocycles. The molecule has 0 rings (SSSR count). The molecule has 0 aromatic carbocycles. The van der Waals surface area contributed by atoms with Crippen molar-refractivity contribution >= 4 is 5.97 Å². The normalized spacial score (nSPS) is 12.9. The smallest absolute Gasteiger partial charge is 0.305 e. The fraction of sp³-hybridized carbons (Fsp3) is 0.917. The lowest BCUT2D eigenvalue weighted by Crippen LogP contribution is -2.09. The van der Waals surface area contributed by atoms with Crippen molar-refractivity contribution in [3.05, 3.63) is 0 Å². The minimum absolute atomic E-state index is 0.0682. The summed E-state index contributed by atoms with van der Waals surface area (Å²) in [4.78, 5) is 11.1. The molecule has 1 atom stereocenters. The van der Waals surface area contributed by atoms with Crippen LogP contribution in [0.25, 0.3) is 0 Å². The molecule has 0 aliphatic heterocycles. The van der Waals surface area contributed by atoms with Crippen LogP contribution in [-0.4, -0.2) is 13.1 Å². The maximum Gasteiger partial charge on any atom is 0.305 e. The van der Waals surface area contributed by atoms with E-state index in [1.54, 1.807) is 0 Å². The molecule has 1 unspecified atom stereocenters. The SMILES string of the molecule is CCC(CCCC(C)C)CC(=O)OC. The molecule has 0 saturated heterocycles. The summed E-state index contributed by atoms with van der Waals surface area (Å²) in [5.74, 6) is 1.22. The van der Waals surface area contributed by atoms with E-state index < -0.39 is 0 Å². The van der Waals surface area contributed by atoms with Crippen LogP contribution in [0.5, 0.6) is 0 Å². The first kappa shape index (κ1) is 13.5. The molecule has 0 saturated carbocycles. The van der Waals surface area contributed by atoms with E-state index >= 15 is 0 Å². The Bertz CT molecular complexity index is 152. The maximum absolute atomic E-state index is 11.1. The molecule has 84 valence electrons. The van der Waals surface area contributed by atoms with Gasteiger partial charge < -0.3 is 4.74 Å². The Hall–Kier alpha value is -0.530. The van der Waals surface area contributed by atoms with Crippen LogP contribution in [0.15, 0.2) is 0 Å². The summed E-state index contributed by atoms with van der Waals surface area (Å²) in [6, 6.07) is 0. The Balaban J connectivity index is 3.63. The average Bonchev–Trinajstić information content (AvgIpc) is 2.15. The van der Waals surface area contributed by atoms with Crippen LogP contribution in [0, 0.1) is 11.8 Å². The quantitative estimate of drug-likeness (QED) is 0.589. The molecule has 0 fully saturated rings. The fourth-order valence-electron chi connectivity index (χ4n) is 1.58. The number of carbonyl (C=O) groups excluding carboxylic acids is 1. The molecular formula is C12H24O2. The van der Waals surface area contributed by atoms with Gasteiger partial charge >= 0.3 is 5.97 Å². The first-order valence-corrected chi connectivity index (χ1v) is 5.66. The number of esters is 1. The van der Waals surface area contributed by atoms with Crippen LogP contribution in [-0.2, 0) is 9.53 Å². The molecule has 0 radical (unpaired) electrons. The molecule has 0 aliphatic rings. The van der Waals surface area contributed by atoms with Gasteiger partial charge in [0.1, 0.15) is 0 Å². The predicted molar refractivity (Wildman–Crippen MR) is 59.1 cm³/mol. The largest absolute Gasteiger partial charge is 0.469 e. The van der Waals surface area contributed by atoms with Crippen molar-refractivity contribution in [2.75, 3.05) is 7.11 Å². The summed E-state index contributed by atoms with van der Waals surface area (Å²) in [5.41, 5.74) is 0. The molecule has 2 heteroatoms. The van der Waals surface area contributed by atoms with Crippen LogP contribution in [0.2, 0.25) is 0 Å². The molecule has 0 aromatic rings. The average molecular weight is 200 g/mol. The Morgan fingerprint density at radius 1 is 1.29 bits per heavy atom. The zero-order valence-electron chi connectivity index (χ0n) is 10.0. The van der Waals surface area contributed by atoms with E-state index in [2.05, 4.69) is 25.5 Å². The van der Waals surface area contributed by atoms with Crippen molar-refractivity contribution in [2.24, 2.45) is 11.8 Å². The van der Waals surface area contributed by atoms with E-state index in [-0.39, 0.29) is 5.97 Å². The van der Waals surface area contributed by atoms with Gasteiger partial charge in [-0.15, -0.1) is 0 Å². The highest BCUT2D eigenvalue weighted by molar-refractivity contribution is 5.69. The van der Waals surface area contributed by atoms with Crippen molar-refractivity contribution in [1.29, 1.82) is 0 Å². The molecule has 0 N–H and O–H groups in total. The van der Waals surface area contributed by atoms with Crippen molar-refractivity contribution in [2.45, 2.75) is 52.9 Å². The maximum atomic E-state index is 11.1. The van der Waals surface area contributed by atoms with Gasteiger partial charge in [0.05, 0.1) is 7.11 Å². The highest BCUT2D eigenvalue weighted by Crippen LogP contribution is 2.18. The molecule has 14 heavy (non-hydrogen) atoms. The lowest BCUT2D eigenvalue weighted by molar-refractivity contribution is -0.141. The number of hydrogen-bond acceptors (Lipinski definition) is 2. The number of hydrogen-bond donors (Lipinski definition) is 0. The lowest BCUT2D eigenvalue weighted by Gasteiger charge is -2.13. The fourth-order valence-corrected chi connectivity index (χ4v) is 1.58. The summed E-state index contributed by atoms with van der Waals surface area (Å²) in [7, 11) is 1.46. The zero-order chi connectivity index (χ0) is 11.0. The number of rotatable bonds is 7. The van der Waals surface area contributed by atoms with E-state index in [9.17, 15) is 4.79 Å². The number of methoxy groups -OCH3 is 1. The molecule has 0 heterocycles. The van der Waals surface area contributed by atoms with Crippen LogP contribution in [0.4, 0.5) is 0 Å². The van der Waals surface area contributed by atoms with E-state index in [4.69, 9.17) is 0 Å². The minimum Gasteiger partial charge on any atom is -0.469 e. The van der Waals surface area contributed by atoms with Crippen LogP contribution >= 0.6 is 0 Å². The van der Waals surface area contributed by atoms with Gasteiger partial charge in [-0.1, -0.05) is 40.0 Å². The molecule has 0 aliphatic carbocycles. The Morgan fingerprint density at radius 2 is 1.93 bits per heavy atom. The van der Waals surface area contributed by atoms with Gasteiger partial charge in [0, 0.05) is 6.42 Å². The first-order chi connectivity index (χ1) is 6.60. The molecule has 0 bridgehead atoms. The first-order valence-electron chi connectivity index (χ1n) is 5.66. The number of carbonyl (C=O) groups is 1. The van der Waals surface area contributed by atoms with Gasteiger partial charge in [-0.3, -0.25) is 4.79 Å². The summed E-state index contributed by atoms with van der Waals surface area (Å²) in [5, 5.41) is 0. The summed E-state index contributed by atoms with van der Waals surface area (Å²) in [6.07, 6.45) is 5.31.